The van der Waals surface area contributed by atoms with Crippen LogP contribution in [0.25, 0.3) is 109 Å². The van der Waals surface area contributed by atoms with Crippen molar-refractivity contribution in [2.45, 2.75) is 52.4 Å². The third kappa shape index (κ3) is 6.12. The molecule has 0 nitrogen and oxygen atoms in total. The summed E-state index contributed by atoms with van der Waals surface area (Å²) >= 11 is 0. The molecular weight excluding hydrogens is 745 g/mol. The fraction of sp³-hybridized carbons (Fsp3) is 0.129. The van der Waals surface area contributed by atoms with Crippen molar-refractivity contribution < 1.29 is 0 Å². The smallest absolute Gasteiger partial charge is 0.00201 e. The van der Waals surface area contributed by atoms with Crippen molar-refractivity contribution in [3.05, 3.63) is 205 Å². The van der Waals surface area contributed by atoms with Crippen molar-refractivity contribution in [1.82, 2.24) is 0 Å². The average molecular weight is 795 g/mol. The number of fused-ring (bicyclic) bond motifs is 6. The average Bonchev–Trinajstić information content (AvgIpc) is 3.28. The molecule has 0 saturated carbocycles. The molecule has 0 unspecified atom stereocenters. The molecule has 0 spiro atoms. The highest BCUT2D eigenvalue weighted by Crippen LogP contribution is 2.48. The molecule has 62 heavy (non-hydrogen) atoms. The van der Waals surface area contributed by atoms with Gasteiger partial charge in [-0.05, 0) is 143 Å². The van der Waals surface area contributed by atoms with Gasteiger partial charge in [-0.15, -0.1) is 0 Å². The first kappa shape index (κ1) is 37.9. The minimum Gasteiger partial charge on any atom is -0.0616 e. The first-order valence-corrected chi connectivity index (χ1v) is 22.1. The Hall–Kier alpha value is -7.02. The Morgan fingerprint density at radius 2 is 0.613 bits per heavy atom. The second-order valence-electron chi connectivity index (χ2n) is 19.2. The van der Waals surface area contributed by atoms with Gasteiger partial charge in [0.15, 0.2) is 0 Å². The highest BCUT2D eigenvalue weighted by molar-refractivity contribution is 6.25. The van der Waals surface area contributed by atoms with Crippen molar-refractivity contribution >= 4 is 64.6 Å². The van der Waals surface area contributed by atoms with E-state index in [-0.39, 0.29) is 10.8 Å². The molecule has 11 aromatic rings. The molecule has 11 aromatic carbocycles. The third-order valence-corrected chi connectivity index (χ3v) is 13.3. The van der Waals surface area contributed by atoms with Gasteiger partial charge in [0.1, 0.15) is 0 Å². The lowest BCUT2D eigenvalue weighted by atomic mass is 9.80. The Labute approximate surface area is 365 Å². The Morgan fingerprint density at radius 3 is 1.02 bits per heavy atom. The Kier molecular flexibility index (Phi) is 8.74. The molecule has 0 amide bonds. The topological polar surface area (TPSA) is 0 Å². The molecule has 0 bridgehead atoms. The summed E-state index contributed by atoms with van der Waals surface area (Å²) in [5.41, 5.74) is 13.0. The van der Waals surface area contributed by atoms with E-state index in [4.69, 9.17) is 0 Å². The summed E-state index contributed by atoms with van der Waals surface area (Å²) in [5, 5.41) is 15.3. The van der Waals surface area contributed by atoms with Crippen LogP contribution in [-0.2, 0) is 10.8 Å². The summed E-state index contributed by atoms with van der Waals surface area (Å²) in [5.74, 6) is 0. The van der Waals surface area contributed by atoms with Gasteiger partial charge in [0, 0.05) is 0 Å². The fourth-order valence-corrected chi connectivity index (χ4v) is 10.3. The highest BCUT2D eigenvalue weighted by Gasteiger charge is 2.23. The minimum absolute atomic E-state index is 0.0324. The zero-order chi connectivity index (χ0) is 42.3. The molecule has 0 fully saturated rings. The van der Waals surface area contributed by atoms with Gasteiger partial charge in [0.2, 0.25) is 0 Å². The summed E-state index contributed by atoms with van der Waals surface area (Å²) in [6.45, 7) is 13.8. The number of hydrogen-bond donors (Lipinski definition) is 0. The van der Waals surface area contributed by atoms with Gasteiger partial charge < -0.3 is 0 Å². The molecule has 11 rings (SSSR count). The van der Waals surface area contributed by atoms with Crippen LogP contribution in [0.1, 0.15) is 52.7 Å². The van der Waals surface area contributed by atoms with Crippen LogP contribution in [0.15, 0.2) is 194 Å². The first-order chi connectivity index (χ1) is 30.0. The minimum atomic E-state index is 0.0324. The molecule has 0 heterocycles. The molecule has 298 valence electrons. The van der Waals surface area contributed by atoms with Crippen LogP contribution in [0.2, 0.25) is 0 Å². The van der Waals surface area contributed by atoms with Crippen LogP contribution in [0, 0.1) is 0 Å². The maximum atomic E-state index is 2.43. The van der Waals surface area contributed by atoms with E-state index in [1.54, 1.807) is 0 Å². The summed E-state index contributed by atoms with van der Waals surface area (Å²) in [7, 11) is 0. The normalized spacial score (nSPS) is 12.4. The first-order valence-electron chi connectivity index (χ1n) is 22.1. The summed E-state index contributed by atoms with van der Waals surface area (Å²) in [4.78, 5) is 0. The molecule has 0 aromatic heterocycles. The maximum Gasteiger partial charge on any atom is -0.00201 e. The number of benzene rings is 11. The second kappa shape index (κ2) is 14.3. The van der Waals surface area contributed by atoms with E-state index < -0.39 is 0 Å². The third-order valence-electron chi connectivity index (χ3n) is 13.3. The molecule has 0 radical (unpaired) electrons. The standard InChI is InChI=1S/C62H50/c1-61(2,3)44-33-31-40(32-34-44)57-47-19-9-11-21-49(47)58(50-22-12-10-20-48(50)57)41-29-27-39-28-30-42(38-43(39)37-41)59-51-23-13-15-25-53(51)60(54-26-16-14-24-52(54)59)55-35-36-56(62(4,5)6)46-18-8-7-17-45(46)55/h7-38H,1-6H3. The van der Waals surface area contributed by atoms with Crippen molar-refractivity contribution in [2.75, 3.05) is 0 Å². The predicted molar refractivity (Wildman–Crippen MR) is 271 cm³/mol. The summed E-state index contributed by atoms with van der Waals surface area (Å²) in [6.07, 6.45) is 0. The Morgan fingerprint density at radius 1 is 0.258 bits per heavy atom. The zero-order valence-electron chi connectivity index (χ0n) is 36.5. The molecule has 0 atom stereocenters. The van der Waals surface area contributed by atoms with Crippen LogP contribution >= 0.6 is 0 Å². The molecule has 0 aliphatic heterocycles. The quantitative estimate of drug-likeness (QED) is 0.156. The SMILES string of the molecule is CC(C)(C)c1ccc(-c2c3ccccc3c(-c3ccc4ccc(-c5c6ccccc6c(-c6ccc(C(C)(C)C)c7ccccc67)c6ccccc56)cc4c3)c3ccccc23)cc1. The van der Waals surface area contributed by atoms with Crippen LogP contribution in [0.4, 0.5) is 0 Å². The van der Waals surface area contributed by atoms with E-state index in [0.29, 0.717) is 0 Å². The molecule has 0 N–H and O–H groups in total. The molecule has 0 aliphatic rings. The van der Waals surface area contributed by atoms with Gasteiger partial charge in [-0.25, -0.2) is 0 Å². The Bertz CT molecular complexity index is 3450. The molecular formula is C62H50. The van der Waals surface area contributed by atoms with Crippen LogP contribution < -0.4 is 0 Å². The van der Waals surface area contributed by atoms with Crippen molar-refractivity contribution in [1.29, 1.82) is 0 Å². The van der Waals surface area contributed by atoms with Gasteiger partial charge in [0.25, 0.3) is 0 Å². The van der Waals surface area contributed by atoms with Gasteiger partial charge in [-0.3, -0.25) is 0 Å². The van der Waals surface area contributed by atoms with E-state index in [9.17, 15) is 0 Å². The van der Waals surface area contributed by atoms with E-state index in [2.05, 4.69) is 236 Å². The van der Waals surface area contributed by atoms with Crippen molar-refractivity contribution in [3.8, 4) is 44.5 Å². The van der Waals surface area contributed by atoms with Crippen LogP contribution in [-0.4, -0.2) is 0 Å². The molecule has 0 saturated heterocycles. The van der Waals surface area contributed by atoms with Crippen molar-refractivity contribution in [2.24, 2.45) is 0 Å². The van der Waals surface area contributed by atoms with Crippen LogP contribution in [0.3, 0.4) is 0 Å². The van der Waals surface area contributed by atoms with E-state index in [1.807, 2.05) is 0 Å². The largest absolute Gasteiger partial charge is 0.0616 e. The fourth-order valence-electron chi connectivity index (χ4n) is 10.3. The van der Waals surface area contributed by atoms with Crippen LogP contribution in [0.5, 0.6) is 0 Å². The molecule has 0 heteroatoms. The van der Waals surface area contributed by atoms with Gasteiger partial charge >= 0.3 is 0 Å². The lowest BCUT2D eigenvalue weighted by Crippen LogP contribution is -2.11. The number of rotatable bonds is 4. The van der Waals surface area contributed by atoms with E-state index in [0.717, 1.165) is 0 Å². The number of hydrogen-bond acceptors (Lipinski definition) is 0. The van der Waals surface area contributed by atoms with Crippen molar-refractivity contribution in [3.63, 3.8) is 0 Å². The maximum absolute atomic E-state index is 2.43. The lowest BCUT2D eigenvalue weighted by Gasteiger charge is -2.24. The summed E-state index contributed by atoms with van der Waals surface area (Å²) < 4.78 is 0. The van der Waals surface area contributed by atoms with Gasteiger partial charge in [-0.2, -0.15) is 0 Å². The second-order valence-corrected chi connectivity index (χ2v) is 19.2. The Balaban J connectivity index is 1.12. The lowest BCUT2D eigenvalue weighted by molar-refractivity contribution is 0.590. The van der Waals surface area contributed by atoms with E-state index in [1.165, 1.54) is 120 Å². The van der Waals surface area contributed by atoms with E-state index >= 15 is 0 Å². The predicted octanol–water partition coefficient (Wildman–Crippen LogP) is 17.9. The van der Waals surface area contributed by atoms with Gasteiger partial charge in [-0.1, -0.05) is 224 Å². The highest BCUT2D eigenvalue weighted by atomic mass is 14.3. The summed E-state index contributed by atoms with van der Waals surface area (Å²) in [6, 6.07) is 73.1. The zero-order valence-corrected chi connectivity index (χ0v) is 36.5. The van der Waals surface area contributed by atoms with Gasteiger partial charge in [0.05, 0.1) is 0 Å². The molecule has 0 aliphatic carbocycles. The monoisotopic (exact) mass is 794 g/mol.